The number of aryl methyl sites for hydroxylation is 2. The molecule has 0 radical (unpaired) electrons. The van der Waals surface area contributed by atoms with Crippen LogP contribution in [0.2, 0.25) is 5.02 Å². The van der Waals surface area contributed by atoms with E-state index in [-0.39, 0.29) is 6.42 Å². The largest absolute Gasteiger partial charge is 0.453 e. The highest BCUT2D eigenvalue weighted by molar-refractivity contribution is 6.31. The minimum atomic E-state index is -0.890. The van der Waals surface area contributed by atoms with Gasteiger partial charge >= 0.3 is 5.97 Å². The summed E-state index contributed by atoms with van der Waals surface area (Å²) in [6.07, 6.45) is -0.180. The molecule has 0 saturated carbocycles. The van der Waals surface area contributed by atoms with E-state index in [4.69, 9.17) is 22.1 Å². The van der Waals surface area contributed by atoms with Crippen LogP contribution in [0.1, 0.15) is 24.5 Å². The number of hydrogen-bond donors (Lipinski definition) is 1. The van der Waals surface area contributed by atoms with Crippen LogP contribution >= 0.6 is 11.6 Å². The summed E-state index contributed by atoms with van der Waals surface area (Å²) in [6, 6.07) is 5.63. The lowest BCUT2D eigenvalue weighted by Gasteiger charge is -2.09. The average molecular weight is 270 g/mol. The summed E-state index contributed by atoms with van der Waals surface area (Å²) in [7, 11) is 0. The number of halogens is 1. The predicted molar refractivity (Wildman–Crippen MR) is 69.3 cm³/mol. The molecule has 0 aromatic heterocycles. The molecule has 0 aliphatic carbocycles. The second-order valence-corrected chi connectivity index (χ2v) is 4.53. The van der Waals surface area contributed by atoms with E-state index in [1.807, 2.05) is 25.1 Å². The van der Waals surface area contributed by atoms with Gasteiger partial charge in [0.2, 0.25) is 0 Å². The fourth-order valence-corrected chi connectivity index (χ4v) is 1.56. The van der Waals surface area contributed by atoms with Crippen LogP contribution in [0.15, 0.2) is 18.2 Å². The molecular weight excluding hydrogens is 254 g/mol. The van der Waals surface area contributed by atoms with Crippen molar-refractivity contribution in [2.45, 2.75) is 32.8 Å². The number of primary amides is 1. The maximum Gasteiger partial charge on any atom is 0.306 e. The van der Waals surface area contributed by atoms with Gasteiger partial charge in [0.15, 0.2) is 6.10 Å². The summed E-state index contributed by atoms with van der Waals surface area (Å²) in [5.41, 5.74) is 6.94. The van der Waals surface area contributed by atoms with E-state index in [9.17, 15) is 9.59 Å². The van der Waals surface area contributed by atoms with Gasteiger partial charge in [-0.2, -0.15) is 0 Å². The molecule has 0 heterocycles. The van der Waals surface area contributed by atoms with Crippen LogP contribution in [0.4, 0.5) is 0 Å². The molecule has 0 bridgehead atoms. The number of nitrogens with two attached hydrogens (primary N) is 1. The summed E-state index contributed by atoms with van der Waals surface area (Å²) in [4.78, 5) is 22.1. The molecule has 0 spiro atoms. The van der Waals surface area contributed by atoms with E-state index < -0.39 is 18.0 Å². The van der Waals surface area contributed by atoms with Crippen molar-refractivity contribution in [3.05, 3.63) is 34.3 Å². The molecule has 1 atom stereocenters. The van der Waals surface area contributed by atoms with Crippen LogP contribution in [0.25, 0.3) is 0 Å². The molecule has 0 aliphatic heterocycles. The lowest BCUT2D eigenvalue weighted by atomic mass is 10.1. The average Bonchev–Trinajstić information content (AvgIpc) is 2.30. The third-order valence-electron chi connectivity index (χ3n) is 2.56. The van der Waals surface area contributed by atoms with E-state index >= 15 is 0 Å². The van der Waals surface area contributed by atoms with Crippen LogP contribution in [0, 0.1) is 6.92 Å². The Balaban J connectivity index is 2.47. The van der Waals surface area contributed by atoms with Crippen molar-refractivity contribution in [1.82, 2.24) is 0 Å². The number of amides is 1. The van der Waals surface area contributed by atoms with Crippen LogP contribution in [0.5, 0.6) is 0 Å². The maximum atomic E-state index is 11.4. The first kappa shape index (κ1) is 14.5. The number of carbonyl (C=O) groups excluding carboxylic acids is 2. The van der Waals surface area contributed by atoms with Gasteiger partial charge < -0.3 is 10.5 Å². The molecule has 2 N–H and O–H groups in total. The molecule has 0 aliphatic rings. The van der Waals surface area contributed by atoms with Gasteiger partial charge in [0, 0.05) is 11.4 Å². The third kappa shape index (κ3) is 4.37. The van der Waals surface area contributed by atoms with Gasteiger partial charge in [0.25, 0.3) is 5.91 Å². The Hall–Kier alpha value is -1.55. The van der Waals surface area contributed by atoms with Crippen molar-refractivity contribution < 1.29 is 14.3 Å². The SMILES string of the molecule is Cc1ccc(CCC(=O)OC(C)C(N)=O)cc1Cl. The quantitative estimate of drug-likeness (QED) is 0.831. The number of carbonyl (C=O) groups is 2. The highest BCUT2D eigenvalue weighted by Gasteiger charge is 2.14. The van der Waals surface area contributed by atoms with Crippen molar-refractivity contribution in [1.29, 1.82) is 0 Å². The van der Waals surface area contributed by atoms with E-state index in [2.05, 4.69) is 0 Å². The predicted octanol–water partition coefficient (Wildman–Crippen LogP) is 2.00. The third-order valence-corrected chi connectivity index (χ3v) is 2.97. The maximum absolute atomic E-state index is 11.4. The highest BCUT2D eigenvalue weighted by atomic mass is 35.5. The van der Waals surface area contributed by atoms with Crippen LogP contribution in [0.3, 0.4) is 0 Å². The number of ether oxygens (including phenoxy) is 1. The fourth-order valence-electron chi connectivity index (χ4n) is 1.35. The monoisotopic (exact) mass is 269 g/mol. The van der Waals surface area contributed by atoms with Crippen molar-refractivity contribution >= 4 is 23.5 Å². The van der Waals surface area contributed by atoms with Gasteiger partial charge in [-0.05, 0) is 37.5 Å². The molecule has 0 fully saturated rings. The standard InChI is InChI=1S/C13H16ClNO3/c1-8-3-4-10(7-11(8)14)5-6-12(16)18-9(2)13(15)17/h3-4,7,9H,5-6H2,1-2H3,(H2,15,17). The van der Waals surface area contributed by atoms with Gasteiger partial charge in [0.05, 0.1) is 0 Å². The minimum absolute atomic E-state index is 0.191. The number of hydrogen-bond acceptors (Lipinski definition) is 3. The normalized spacial score (nSPS) is 11.9. The summed E-state index contributed by atoms with van der Waals surface area (Å²) < 4.78 is 4.84. The molecule has 4 nitrogen and oxygen atoms in total. The number of rotatable bonds is 5. The van der Waals surface area contributed by atoms with Crippen LogP contribution < -0.4 is 5.73 Å². The minimum Gasteiger partial charge on any atom is -0.453 e. The zero-order valence-corrected chi connectivity index (χ0v) is 11.2. The topological polar surface area (TPSA) is 69.4 Å². The highest BCUT2D eigenvalue weighted by Crippen LogP contribution is 2.17. The van der Waals surface area contributed by atoms with E-state index in [0.29, 0.717) is 11.4 Å². The molecule has 1 rings (SSSR count). The van der Waals surface area contributed by atoms with E-state index in [0.717, 1.165) is 11.1 Å². The molecular formula is C13H16ClNO3. The molecule has 18 heavy (non-hydrogen) atoms. The first-order valence-corrected chi connectivity index (χ1v) is 6.01. The smallest absolute Gasteiger partial charge is 0.306 e. The Morgan fingerprint density at radius 2 is 2.11 bits per heavy atom. The second-order valence-electron chi connectivity index (χ2n) is 4.12. The lowest BCUT2D eigenvalue weighted by molar-refractivity contribution is -0.153. The molecule has 5 heteroatoms. The molecule has 1 aromatic carbocycles. The van der Waals surface area contributed by atoms with Crippen molar-refractivity contribution in [3.63, 3.8) is 0 Å². The van der Waals surface area contributed by atoms with E-state index in [1.54, 1.807) is 0 Å². The lowest BCUT2D eigenvalue weighted by Crippen LogP contribution is -2.30. The van der Waals surface area contributed by atoms with Crippen molar-refractivity contribution in [2.24, 2.45) is 5.73 Å². The van der Waals surface area contributed by atoms with Crippen LogP contribution in [-0.2, 0) is 20.7 Å². The summed E-state index contributed by atoms with van der Waals surface area (Å²) in [5, 5.41) is 0.673. The Morgan fingerprint density at radius 1 is 1.44 bits per heavy atom. The first-order chi connectivity index (χ1) is 8.40. The number of esters is 1. The molecule has 1 amide bonds. The van der Waals surface area contributed by atoms with Crippen molar-refractivity contribution in [2.75, 3.05) is 0 Å². The molecule has 1 unspecified atom stereocenters. The van der Waals surface area contributed by atoms with Gasteiger partial charge in [-0.3, -0.25) is 9.59 Å². The van der Waals surface area contributed by atoms with Crippen LogP contribution in [-0.4, -0.2) is 18.0 Å². The van der Waals surface area contributed by atoms with Gasteiger partial charge in [-0.15, -0.1) is 0 Å². The second kappa shape index (κ2) is 6.40. The summed E-state index contributed by atoms with van der Waals surface area (Å²) in [5.74, 6) is -1.10. The summed E-state index contributed by atoms with van der Waals surface area (Å²) >= 11 is 5.98. The van der Waals surface area contributed by atoms with Gasteiger partial charge in [0.1, 0.15) is 0 Å². The zero-order valence-electron chi connectivity index (χ0n) is 10.4. The van der Waals surface area contributed by atoms with Gasteiger partial charge in [-0.1, -0.05) is 23.7 Å². The Labute approximate surface area is 111 Å². The summed E-state index contributed by atoms with van der Waals surface area (Å²) in [6.45, 7) is 3.36. The Morgan fingerprint density at radius 3 is 2.67 bits per heavy atom. The van der Waals surface area contributed by atoms with Gasteiger partial charge in [-0.25, -0.2) is 0 Å². The molecule has 0 saturated heterocycles. The Kier molecular flexibility index (Phi) is 5.16. The first-order valence-electron chi connectivity index (χ1n) is 5.64. The fraction of sp³-hybridized carbons (Fsp3) is 0.385. The molecule has 98 valence electrons. The number of benzene rings is 1. The molecule has 1 aromatic rings. The zero-order chi connectivity index (χ0) is 13.7. The Bertz CT molecular complexity index is 460. The van der Waals surface area contributed by atoms with Crippen molar-refractivity contribution in [3.8, 4) is 0 Å². The van der Waals surface area contributed by atoms with E-state index in [1.165, 1.54) is 6.92 Å².